The Morgan fingerprint density at radius 1 is 1.00 bits per heavy atom. The highest BCUT2D eigenvalue weighted by atomic mass is 16.2. The van der Waals surface area contributed by atoms with E-state index >= 15 is 0 Å². The molecule has 5 nitrogen and oxygen atoms in total. The molecule has 0 aliphatic carbocycles. The van der Waals surface area contributed by atoms with Crippen LogP contribution >= 0.6 is 0 Å². The van der Waals surface area contributed by atoms with Crippen LogP contribution in [0.5, 0.6) is 0 Å². The van der Waals surface area contributed by atoms with Crippen LogP contribution in [0.25, 0.3) is 0 Å². The molecule has 2 aliphatic rings. The van der Waals surface area contributed by atoms with Crippen molar-refractivity contribution in [3.05, 3.63) is 65.2 Å². The van der Waals surface area contributed by atoms with Crippen LogP contribution in [-0.4, -0.2) is 47.8 Å². The molecule has 0 aromatic heterocycles. The number of anilines is 1. The Balaban J connectivity index is 1.51. The Labute approximate surface area is 172 Å². The van der Waals surface area contributed by atoms with Crippen molar-refractivity contribution in [3.63, 3.8) is 0 Å². The molecule has 1 N–H and O–H groups in total. The minimum absolute atomic E-state index is 0.0761. The molecule has 2 aromatic carbocycles. The van der Waals surface area contributed by atoms with Gasteiger partial charge in [-0.3, -0.25) is 14.5 Å². The van der Waals surface area contributed by atoms with E-state index in [9.17, 15) is 9.59 Å². The molecule has 0 unspecified atom stereocenters. The van der Waals surface area contributed by atoms with Gasteiger partial charge in [-0.1, -0.05) is 43.3 Å². The zero-order valence-electron chi connectivity index (χ0n) is 17.1. The van der Waals surface area contributed by atoms with Crippen LogP contribution < -0.4 is 5.32 Å². The fourth-order valence-electron chi connectivity index (χ4n) is 4.40. The van der Waals surface area contributed by atoms with E-state index in [2.05, 4.69) is 18.3 Å². The number of hydrogen-bond acceptors (Lipinski definition) is 3. The van der Waals surface area contributed by atoms with Gasteiger partial charge in [-0.15, -0.1) is 0 Å². The number of rotatable bonds is 5. The fourth-order valence-corrected chi connectivity index (χ4v) is 4.40. The van der Waals surface area contributed by atoms with Crippen LogP contribution in [0, 0.1) is 0 Å². The Bertz CT molecular complexity index is 872. The van der Waals surface area contributed by atoms with Crippen LogP contribution in [0.15, 0.2) is 48.5 Å². The molecule has 2 aromatic rings. The van der Waals surface area contributed by atoms with Crippen LogP contribution in [0.3, 0.4) is 0 Å². The fraction of sp³-hybridized carbons (Fsp3) is 0.417. The lowest BCUT2D eigenvalue weighted by molar-refractivity contribution is -0.137. The van der Waals surface area contributed by atoms with Gasteiger partial charge >= 0.3 is 0 Å². The number of carbonyl (C=O) groups is 2. The highest BCUT2D eigenvalue weighted by Crippen LogP contribution is 2.32. The first kappa shape index (κ1) is 19.6. The number of nitrogens with one attached hydrogen (secondary N) is 1. The average Bonchev–Trinajstić information content (AvgIpc) is 3.28. The van der Waals surface area contributed by atoms with Gasteiger partial charge in [0, 0.05) is 25.3 Å². The Kier molecular flexibility index (Phi) is 5.95. The van der Waals surface area contributed by atoms with Gasteiger partial charge in [-0.05, 0) is 54.5 Å². The smallest absolute Gasteiger partial charge is 0.244 e. The van der Waals surface area contributed by atoms with Gasteiger partial charge in [0.2, 0.25) is 11.8 Å². The molecule has 1 atom stereocenters. The summed E-state index contributed by atoms with van der Waals surface area (Å²) < 4.78 is 0. The van der Waals surface area contributed by atoms with Crippen molar-refractivity contribution >= 4 is 17.5 Å². The number of benzene rings is 2. The zero-order chi connectivity index (χ0) is 20.2. The predicted molar refractivity (Wildman–Crippen MR) is 115 cm³/mol. The van der Waals surface area contributed by atoms with E-state index < -0.39 is 0 Å². The molecular weight excluding hydrogens is 362 g/mol. The first-order chi connectivity index (χ1) is 14.2. The van der Waals surface area contributed by atoms with Gasteiger partial charge in [0.15, 0.2) is 0 Å². The average molecular weight is 392 g/mol. The second kappa shape index (κ2) is 8.78. The largest absolute Gasteiger partial charge is 0.341 e. The summed E-state index contributed by atoms with van der Waals surface area (Å²) in [6.45, 7) is 4.68. The van der Waals surface area contributed by atoms with Crippen LogP contribution in [-0.2, 0) is 22.4 Å². The summed E-state index contributed by atoms with van der Waals surface area (Å²) in [4.78, 5) is 30.1. The second-order valence-corrected chi connectivity index (χ2v) is 7.95. The molecule has 4 rings (SSSR count). The van der Waals surface area contributed by atoms with Gasteiger partial charge in [0.05, 0.1) is 6.54 Å². The van der Waals surface area contributed by atoms with Gasteiger partial charge < -0.3 is 10.2 Å². The normalized spacial score (nSPS) is 19.1. The third kappa shape index (κ3) is 4.35. The third-order valence-corrected chi connectivity index (χ3v) is 6.03. The molecule has 152 valence electrons. The Hall–Kier alpha value is -2.66. The number of nitrogens with zero attached hydrogens (tertiary/aromatic N) is 2. The van der Waals surface area contributed by atoms with Gasteiger partial charge in [-0.25, -0.2) is 0 Å². The second-order valence-electron chi connectivity index (χ2n) is 7.95. The molecule has 0 bridgehead atoms. The highest BCUT2D eigenvalue weighted by molar-refractivity contribution is 5.93. The minimum atomic E-state index is -0.369. The molecule has 2 aliphatic heterocycles. The molecule has 5 heteroatoms. The van der Waals surface area contributed by atoms with Gasteiger partial charge in [0.1, 0.15) is 6.04 Å². The van der Waals surface area contributed by atoms with Crippen molar-refractivity contribution in [2.75, 3.05) is 31.5 Å². The maximum atomic E-state index is 13.3. The van der Waals surface area contributed by atoms with Gasteiger partial charge in [-0.2, -0.15) is 0 Å². The van der Waals surface area contributed by atoms with E-state index in [1.807, 2.05) is 52.3 Å². The number of carbonyl (C=O) groups excluding carboxylic acids is 2. The summed E-state index contributed by atoms with van der Waals surface area (Å²) in [6, 6.07) is 15.7. The first-order valence-corrected chi connectivity index (χ1v) is 10.6. The number of hydrogen-bond donors (Lipinski definition) is 1. The van der Waals surface area contributed by atoms with E-state index in [4.69, 9.17) is 0 Å². The summed E-state index contributed by atoms with van der Waals surface area (Å²) >= 11 is 0. The molecule has 2 amide bonds. The predicted octanol–water partition coefficient (Wildman–Crippen LogP) is 3.41. The Morgan fingerprint density at radius 3 is 2.45 bits per heavy atom. The van der Waals surface area contributed by atoms with Crippen molar-refractivity contribution in [3.8, 4) is 0 Å². The first-order valence-electron chi connectivity index (χ1n) is 10.6. The maximum absolute atomic E-state index is 13.3. The van der Waals surface area contributed by atoms with E-state index in [1.165, 1.54) is 11.1 Å². The van der Waals surface area contributed by atoms with Crippen LogP contribution in [0.4, 0.5) is 5.69 Å². The van der Waals surface area contributed by atoms with E-state index in [-0.39, 0.29) is 24.4 Å². The summed E-state index contributed by atoms with van der Waals surface area (Å²) in [5, 5.41) is 2.99. The topological polar surface area (TPSA) is 52.7 Å². The lowest BCUT2D eigenvalue weighted by Crippen LogP contribution is -2.47. The molecular formula is C24H29N3O2. The summed E-state index contributed by atoms with van der Waals surface area (Å²) in [5.41, 5.74) is 4.31. The van der Waals surface area contributed by atoms with E-state index in [1.54, 1.807) is 0 Å². The number of fused-ring (bicyclic) bond motifs is 1. The lowest BCUT2D eigenvalue weighted by atomic mass is 9.91. The highest BCUT2D eigenvalue weighted by Gasteiger charge is 2.37. The number of likely N-dealkylation sites (tertiary alicyclic amines) is 1. The molecule has 0 saturated carbocycles. The minimum Gasteiger partial charge on any atom is -0.341 e. The van der Waals surface area contributed by atoms with Crippen molar-refractivity contribution in [2.24, 2.45) is 0 Å². The van der Waals surface area contributed by atoms with E-state index in [0.717, 1.165) is 50.0 Å². The van der Waals surface area contributed by atoms with Crippen molar-refractivity contribution in [2.45, 2.75) is 38.6 Å². The zero-order valence-corrected chi connectivity index (χ0v) is 17.1. The molecule has 1 saturated heterocycles. The summed E-state index contributed by atoms with van der Waals surface area (Å²) in [7, 11) is 0. The van der Waals surface area contributed by atoms with Gasteiger partial charge in [0.25, 0.3) is 0 Å². The van der Waals surface area contributed by atoms with Crippen molar-refractivity contribution < 1.29 is 9.59 Å². The molecule has 0 spiro atoms. The molecule has 1 fully saturated rings. The molecule has 2 heterocycles. The SMILES string of the molecule is CCc1ccc(NC(=O)CN2CCc3ccccc3[C@H]2C(=O)N2CCCC2)cc1. The molecule has 0 radical (unpaired) electrons. The summed E-state index contributed by atoms with van der Waals surface area (Å²) in [6.07, 6.45) is 3.96. The lowest BCUT2D eigenvalue weighted by Gasteiger charge is -2.37. The monoisotopic (exact) mass is 391 g/mol. The Morgan fingerprint density at radius 2 is 1.72 bits per heavy atom. The van der Waals surface area contributed by atoms with Crippen LogP contribution in [0.2, 0.25) is 0 Å². The maximum Gasteiger partial charge on any atom is 0.244 e. The quantitative estimate of drug-likeness (QED) is 0.850. The van der Waals surface area contributed by atoms with E-state index in [0.29, 0.717) is 6.54 Å². The number of aryl methyl sites for hydroxylation is 1. The molecule has 29 heavy (non-hydrogen) atoms. The van der Waals surface area contributed by atoms with Crippen LogP contribution in [0.1, 0.15) is 42.5 Å². The number of amides is 2. The van der Waals surface area contributed by atoms with Crippen molar-refractivity contribution in [1.29, 1.82) is 0 Å². The van der Waals surface area contributed by atoms with Crippen molar-refractivity contribution in [1.82, 2.24) is 9.80 Å². The standard InChI is InChI=1S/C24H29N3O2/c1-2-18-9-11-20(12-10-18)25-22(28)17-27-16-13-19-7-3-4-8-21(19)23(27)24(29)26-14-5-6-15-26/h3-4,7-12,23H,2,5-6,13-17H2,1H3,(H,25,28)/t23-/m0/s1. The third-order valence-electron chi connectivity index (χ3n) is 6.03. The summed E-state index contributed by atoms with van der Waals surface area (Å²) in [5.74, 6) is 0.0580.